The Kier molecular flexibility index (Phi) is 4.23. The highest BCUT2D eigenvalue weighted by Gasteiger charge is 2.04. The van der Waals surface area contributed by atoms with Crippen LogP contribution in [-0.4, -0.2) is 9.97 Å². The highest BCUT2D eigenvalue weighted by Crippen LogP contribution is 2.11. The molecular weight excluding hydrogens is 278 g/mol. The Hall–Kier alpha value is -1.26. The van der Waals surface area contributed by atoms with Crippen molar-refractivity contribution >= 4 is 15.9 Å². The highest BCUT2D eigenvalue weighted by atomic mass is 79.9. The van der Waals surface area contributed by atoms with Crippen molar-refractivity contribution in [2.75, 3.05) is 0 Å². The van der Waals surface area contributed by atoms with E-state index in [4.69, 9.17) is 0 Å². The molecule has 0 aromatic carbocycles. The summed E-state index contributed by atoms with van der Waals surface area (Å²) in [7, 11) is 0. The third kappa shape index (κ3) is 3.61. The number of nitrogens with zero attached hydrogens (tertiary/aromatic N) is 2. The minimum atomic E-state index is 0.272. The molecule has 0 saturated heterocycles. The largest absolute Gasteiger partial charge is 0.305 e. The van der Waals surface area contributed by atoms with Gasteiger partial charge in [-0.1, -0.05) is 6.07 Å². The fraction of sp³-hybridized carbons (Fsp3) is 0.231. The van der Waals surface area contributed by atoms with Crippen LogP contribution in [0.2, 0.25) is 0 Å². The number of aromatic nitrogens is 2. The lowest BCUT2D eigenvalue weighted by Gasteiger charge is -2.13. The Labute approximate surface area is 109 Å². The number of hydrogen-bond donors (Lipinski definition) is 1. The van der Waals surface area contributed by atoms with Crippen molar-refractivity contribution in [3.8, 4) is 0 Å². The van der Waals surface area contributed by atoms with Crippen molar-refractivity contribution in [2.24, 2.45) is 0 Å². The van der Waals surface area contributed by atoms with Gasteiger partial charge >= 0.3 is 0 Å². The van der Waals surface area contributed by atoms with Crippen LogP contribution in [0, 0.1) is 0 Å². The molecule has 2 aromatic heterocycles. The first-order chi connectivity index (χ1) is 8.25. The number of pyridine rings is 2. The lowest BCUT2D eigenvalue weighted by atomic mass is 10.1. The van der Waals surface area contributed by atoms with Crippen molar-refractivity contribution in [1.82, 2.24) is 15.3 Å². The molecule has 4 heteroatoms. The van der Waals surface area contributed by atoms with E-state index in [0.717, 1.165) is 16.7 Å². The molecule has 0 aliphatic heterocycles. The molecule has 0 aliphatic rings. The van der Waals surface area contributed by atoms with E-state index in [0.29, 0.717) is 0 Å². The van der Waals surface area contributed by atoms with E-state index in [9.17, 15) is 0 Å². The van der Waals surface area contributed by atoms with E-state index < -0.39 is 0 Å². The predicted octanol–water partition coefficient (Wildman–Crippen LogP) is 3.09. The Morgan fingerprint density at radius 3 is 2.82 bits per heavy atom. The van der Waals surface area contributed by atoms with Gasteiger partial charge in [-0.25, -0.2) is 0 Å². The summed E-state index contributed by atoms with van der Waals surface area (Å²) in [6, 6.07) is 8.30. The van der Waals surface area contributed by atoms with Gasteiger partial charge in [0.2, 0.25) is 0 Å². The SMILES string of the molecule is CC(NCc1ccc(Br)cn1)c1cccnc1. The van der Waals surface area contributed by atoms with Gasteiger partial charge < -0.3 is 5.32 Å². The molecule has 1 atom stereocenters. The average Bonchev–Trinajstić information content (AvgIpc) is 2.39. The van der Waals surface area contributed by atoms with Crippen LogP contribution in [0.4, 0.5) is 0 Å². The minimum absolute atomic E-state index is 0.272. The maximum Gasteiger partial charge on any atom is 0.0542 e. The highest BCUT2D eigenvalue weighted by molar-refractivity contribution is 9.10. The summed E-state index contributed by atoms with van der Waals surface area (Å²) in [4.78, 5) is 8.43. The lowest BCUT2D eigenvalue weighted by molar-refractivity contribution is 0.566. The molecule has 88 valence electrons. The van der Waals surface area contributed by atoms with E-state index in [2.05, 4.69) is 44.2 Å². The third-order valence-corrected chi connectivity index (χ3v) is 3.03. The van der Waals surface area contributed by atoms with E-state index in [-0.39, 0.29) is 6.04 Å². The third-order valence-electron chi connectivity index (χ3n) is 2.56. The normalized spacial score (nSPS) is 12.4. The lowest BCUT2D eigenvalue weighted by Crippen LogP contribution is -2.18. The van der Waals surface area contributed by atoms with Gasteiger partial charge in [0.25, 0.3) is 0 Å². The quantitative estimate of drug-likeness (QED) is 0.941. The molecule has 0 amide bonds. The number of rotatable bonds is 4. The average molecular weight is 292 g/mol. The van der Waals surface area contributed by atoms with Crippen molar-refractivity contribution in [3.05, 3.63) is 58.6 Å². The summed E-state index contributed by atoms with van der Waals surface area (Å²) in [6.45, 7) is 2.87. The molecule has 0 aliphatic carbocycles. The zero-order valence-electron chi connectivity index (χ0n) is 9.60. The van der Waals surface area contributed by atoms with Crippen LogP contribution < -0.4 is 5.32 Å². The fourth-order valence-electron chi connectivity index (χ4n) is 1.52. The van der Waals surface area contributed by atoms with E-state index in [1.165, 1.54) is 5.56 Å². The Morgan fingerprint density at radius 1 is 1.29 bits per heavy atom. The second-order valence-corrected chi connectivity index (χ2v) is 4.77. The van der Waals surface area contributed by atoms with Gasteiger partial charge in [0.1, 0.15) is 0 Å². The molecule has 1 unspecified atom stereocenters. The first-order valence-corrected chi connectivity index (χ1v) is 6.29. The molecule has 2 heterocycles. The van der Waals surface area contributed by atoms with Gasteiger partial charge in [-0.2, -0.15) is 0 Å². The molecule has 0 radical (unpaired) electrons. The van der Waals surface area contributed by atoms with E-state index in [1.807, 2.05) is 30.6 Å². The van der Waals surface area contributed by atoms with Gasteiger partial charge in [0.15, 0.2) is 0 Å². The van der Waals surface area contributed by atoms with Crippen molar-refractivity contribution in [3.63, 3.8) is 0 Å². The Balaban J connectivity index is 1.92. The van der Waals surface area contributed by atoms with Gasteiger partial charge in [0, 0.05) is 35.6 Å². The van der Waals surface area contributed by atoms with Crippen molar-refractivity contribution in [2.45, 2.75) is 19.5 Å². The van der Waals surface area contributed by atoms with Crippen LogP contribution in [0.3, 0.4) is 0 Å². The number of nitrogens with one attached hydrogen (secondary N) is 1. The second kappa shape index (κ2) is 5.89. The molecule has 17 heavy (non-hydrogen) atoms. The zero-order valence-corrected chi connectivity index (χ0v) is 11.2. The van der Waals surface area contributed by atoms with Crippen molar-refractivity contribution < 1.29 is 0 Å². The first-order valence-electron chi connectivity index (χ1n) is 5.49. The summed E-state index contributed by atoms with van der Waals surface area (Å²) in [5.41, 5.74) is 2.22. The summed E-state index contributed by atoms with van der Waals surface area (Å²) in [5, 5.41) is 3.42. The topological polar surface area (TPSA) is 37.8 Å². The molecule has 0 fully saturated rings. The van der Waals surface area contributed by atoms with Crippen LogP contribution in [0.1, 0.15) is 24.2 Å². The first kappa shape index (κ1) is 12.2. The zero-order chi connectivity index (χ0) is 12.1. The summed E-state index contributed by atoms with van der Waals surface area (Å²) >= 11 is 3.37. The molecule has 3 nitrogen and oxygen atoms in total. The van der Waals surface area contributed by atoms with Crippen molar-refractivity contribution in [1.29, 1.82) is 0 Å². The molecule has 0 bridgehead atoms. The van der Waals surface area contributed by atoms with E-state index in [1.54, 1.807) is 6.20 Å². The molecular formula is C13H14BrN3. The van der Waals surface area contributed by atoms with Gasteiger partial charge in [-0.15, -0.1) is 0 Å². The minimum Gasteiger partial charge on any atom is -0.305 e. The fourth-order valence-corrected chi connectivity index (χ4v) is 1.75. The number of halogens is 1. The van der Waals surface area contributed by atoms with Crippen LogP contribution in [0.25, 0.3) is 0 Å². The molecule has 2 aromatic rings. The maximum atomic E-state index is 4.32. The summed E-state index contributed by atoms with van der Waals surface area (Å²) < 4.78 is 1.00. The smallest absolute Gasteiger partial charge is 0.0542 e. The van der Waals surface area contributed by atoms with Gasteiger partial charge in [-0.05, 0) is 46.6 Å². The second-order valence-electron chi connectivity index (χ2n) is 3.86. The van der Waals surface area contributed by atoms with Crippen LogP contribution in [0.5, 0.6) is 0 Å². The van der Waals surface area contributed by atoms with Crippen LogP contribution >= 0.6 is 15.9 Å². The summed E-state index contributed by atoms with van der Waals surface area (Å²) in [5.74, 6) is 0. The predicted molar refractivity (Wildman–Crippen MR) is 71.4 cm³/mol. The molecule has 0 saturated carbocycles. The maximum absolute atomic E-state index is 4.32. The van der Waals surface area contributed by atoms with E-state index >= 15 is 0 Å². The van der Waals surface area contributed by atoms with Gasteiger partial charge in [0.05, 0.1) is 5.69 Å². The standard InChI is InChI=1S/C13H14BrN3/c1-10(11-3-2-6-15-7-11)16-9-13-5-4-12(14)8-17-13/h2-8,10,16H,9H2,1H3. The monoisotopic (exact) mass is 291 g/mol. The molecule has 0 spiro atoms. The molecule has 2 rings (SSSR count). The van der Waals surface area contributed by atoms with Gasteiger partial charge in [-0.3, -0.25) is 9.97 Å². The Morgan fingerprint density at radius 2 is 2.18 bits per heavy atom. The summed E-state index contributed by atoms with van der Waals surface area (Å²) in [6.07, 6.45) is 5.48. The molecule has 1 N–H and O–H groups in total. The van der Waals surface area contributed by atoms with Crippen LogP contribution in [-0.2, 0) is 6.54 Å². The van der Waals surface area contributed by atoms with Crippen LogP contribution in [0.15, 0.2) is 47.3 Å². The number of hydrogen-bond acceptors (Lipinski definition) is 3. The Bertz CT molecular complexity index is 456.